The summed E-state index contributed by atoms with van der Waals surface area (Å²) in [5, 5.41) is 0. The van der Waals surface area contributed by atoms with Crippen molar-refractivity contribution in [1.82, 2.24) is 0 Å². The van der Waals surface area contributed by atoms with Gasteiger partial charge in [0.05, 0.1) is 23.7 Å². The molecule has 6 atom stereocenters. The lowest BCUT2D eigenvalue weighted by atomic mass is 9.44. The van der Waals surface area contributed by atoms with Crippen LogP contribution >= 0.6 is 0 Å². The Balaban J connectivity index is 1.95. The van der Waals surface area contributed by atoms with Crippen LogP contribution in [0.5, 0.6) is 0 Å². The van der Waals surface area contributed by atoms with Crippen molar-refractivity contribution in [3.8, 4) is 0 Å². The molecule has 0 bridgehead atoms. The molecule has 3 fully saturated rings. The minimum absolute atomic E-state index is 0.00264. The van der Waals surface area contributed by atoms with Gasteiger partial charge in [-0.25, -0.2) is 0 Å². The van der Waals surface area contributed by atoms with Crippen LogP contribution in [0.3, 0.4) is 0 Å². The van der Waals surface area contributed by atoms with Gasteiger partial charge < -0.3 is 9.47 Å². The first-order valence-corrected chi connectivity index (χ1v) is 9.92. The average molecular weight is 337 g/mol. The second kappa shape index (κ2) is 5.72. The van der Waals surface area contributed by atoms with Crippen LogP contribution in [0.25, 0.3) is 0 Å². The summed E-state index contributed by atoms with van der Waals surface area (Å²) >= 11 is 0. The van der Waals surface area contributed by atoms with Gasteiger partial charge in [-0.1, -0.05) is 20.3 Å². The molecule has 0 N–H and O–H groups in total. The lowest BCUT2D eigenvalue weighted by Gasteiger charge is -2.65. The topological polar surface area (TPSA) is 35.5 Å². The van der Waals surface area contributed by atoms with Crippen molar-refractivity contribution in [1.29, 1.82) is 0 Å². The smallest absolute Gasteiger partial charge is 0.311 e. The maximum Gasteiger partial charge on any atom is 0.311 e. The fourth-order valence-electron chi connectivity index (χ4n) is 6.83. The molecule has 6 unspecified atom stereocenters. The predicted octanol–water partition coefficient (Wildman–Crippen LogP) is 5.12. The molecule has 1 aliphatic heterocycles. The third kappa shape index (κ3) is 2.45. The van der Waals surface area contributed by atoms with Crippen molar-refractivity contribution in [3.05, 3.63) is 0 Å². The lowest BCUT2D eigenvalue weighted by molar-refractivity contribution is -0.267. The number of carbonyl (C=O) groups excluding carboxylic acids is 1. The quantitative estimate of drug-likeness (QED) is 0.657. The Hall–Kier alpha value is -0.570. The van der Waals surface area contributed by atoms with E-state index in [1.54, 1.807) is 7.11 Å². The maximum absolute atomic E-state index is 12.6. The first-order valence-electron chi connectivity index (χ1n) is 9.92. The van der Waals surface area contributed by atoms with Crippen LogP contribution in [0.2, 0.25) is 0 Å². The Morgan fingerprint density at radius 3 is 2.33 bits per heavy atom. The lowest BCUT2D eigenvalue weighted by Crippen LogP contribution is -2.64. The van der Waals surface area contributed by atoms with E-state index in [-0.39, 0.29) is 28.0 Å². The Bertz CT molecular complexity index is 517. The largest absolute Gasteiger partial charge is 0.469 e. The van der Waals surface area contributed by atoms with Crippen LogP contribution < -0.4 is 0 Å². The number of ether oxygens (including phenoxy) is 2. The van der Waals surface area contributed by atoms with Crippen molar-refractivity contribution in [2.45, 2.75) is 97.2 Å². The Morgan fingerprint density at radius 1 is 1.04 bits per heavy atom. The van der Waals surface area contributed by atoms with Gasteiger partial charge >= 0.3 is 5.97 Å². The summed E-state index contributed by atoms with van der Waals surface area (Å²) in [6.07, 6.45) is 8.90. The fourth-order valence-corrected chi connectivity index (χ4v) is 6.83. The molecule has 138 valence electrons. The summed E-state index contributed by atoms with van der Waals surface area (Å²) in [5.74, 6) is 0.962. The first kappa shape index (κ1) is 18.2. The number of methoxy groups -OCH3 is 1. The maximum atomic E-state index is 12.6. The minimum atomic E-state index is -0.325. The van der Waals surface area contributed by atoms with Crippen molar-refractivity contribution in [2.75, 3.05) is 7.11 Å². The van der Waals surface area contributed by atoms with E-state index in [2.05, 4.69) is 34.6 Å². The fraction of sp³-hybridized carbons (Fsp3) is 0.952. The normalized spacial score (nSPS) is 51.4. The Morgan fingerprint density at radius 2 is 1.71 bits per heavy atom. The highest BCUT2D eigenvalue weighted by Crippen LogP contribution is 2.66. The molecule has 3 heteroatoms. The van der Waals surface area contributed by atoms with E-state index in [1.165, 1.54) is 12.8 Å². The standard InChI is InChI=1S/C21H36O3/c1-7-18(2)13-9-16-19(3)11-8-12-20(4,17(22)23-6)15(19)10-14-21(16,5)24-18/h15-16H,7-14H2,1-6H3. The van der Waals surface area contributed by atoms with E-state index in [4.69, 9.17) is 9.47 Å². The van der Waals surface area contributed by atoms with Crippen molar-refractivity contribution < 1.29 is 14.3 Å². The second-order valence-corrected chi connectivity index (χ2v) is 9.67. The molecular formula is C21H36O3. The van der Waals surface area contributed by atoms with E-state index >= 15 is 0 Å². The Kier molecular flexibility index (Phi) is 4.35. The van der Waals surface area contributed by atoms with Gasteiger partial charge in [0.25, 0.3) is 0 Å². The van der Waals surface area contributed by atoms with Crippen LogP contribution in [-0.4, -0.2) is 24.3 Å². The predicted molar refractivity (Wildman–Crippen MR) is 95.7 cm³/mol. The van der Waals surface area contributed by atoms with Gasteiger partial charge in [0.2, 0.25) is 0 Å². The molecule has 0 spiro atoms. The molecule has 0 aromatic heterocycles. The molecule has 2 saturated carbocycles. The first-order chi connectivity index (χ1) is 11.1. The van der Waals surface area contributed by atoms with Crippen LogP contribution in [0, 0.1) is 22.7 Å². The molecule has 0 aromatic rings. The number of esters is 1. The summed E-state index contributed by atoms with van der Waals surface area (Å²) in [6.45, 7) is 11.5. The van der Waals surface area contributed by atoms with Crippen LogP contribution in [0.1, 0.15) is 86.0 Å². The molecule has 1 heterocycles. The van der Waals surface area contributed by atoms with Gasteiger partial charge in [-0.3, -0.25) is 4.79 Å². The number of fused-ring (bicyclic) bond motifs is 3. The summed E-state index contributed by atoms with van der Waals surface area (Å²) in [5.41, 5.74) is -0.157. The zero-order valence-electron chi connectivity index (χ0n) is 16.5. The van der Waals surface area contributed by atoms with Crippen molar-refractivity contribution in [3.63, 3.8) is 0 Å². The summed E-state index contributed by atoms with van der Waals surface area (Å²) < 4.78 is 12.0. The van der Waals surface area contributed by atoms with E-state index in [0.717, 1.165) is 38.5 Å². The molecule has 24 heavy (non-hydrogen) atoms. The average Bonchev–Trinajstić information content (AvgIpc) is 2.52. The molecule has 3 rings (SSSR count). The highest BCUT2D eigenvalue weighted by molar-refractivity contribution is 5.77. The second-order valence-electron chi connectivity index (χ2n) is 9.67. The molecule has 0 amide bonds. The highest BCUT2D eigenvalue weighted by Gasteiger charge is 2.64. The molecule has 3 nitrogen and oxygen atoms in total. The molecule has 1 saturated heterocycles. The monoisotopic (exact) mass is 336 g/mol. The van der Waals surface area contributed by atoms with Crippen LogP contribution in [-0.2, 0) is 14.3 Å². The zero-order chi connectivity index (χ0) is 17.8. The summed E-state index contributed by atoms with van der Waals surface area (Å²) in [6, 6.07) is 0. The van der Waals surface area contributed by atoms with Crippen LogP contribution in [0.15, 0.2) is 0 Å². The number of rotatable bonds is 2. The number of hydrogen-bond acceptors (Lipinski definition) is 3. The third-order valence-corrected chi connectivity index (χ3v) is 8.28. The van der Waals surface area contributed by atoms with E-state index in [9.17, 15) is 4.79 Å². The zero-order valence-corrected chi connectivity index (χ0v) is 16.5. The van der Waals surface area contributed by atoms with Gasteiger partial charge in [-0.05, 0) is 83.0 Å². The number of carbonyl (C=O) groups is 1. The van der Waals surface area contributed by atoms with Crippen LogP contribution in [0.4, 0.5) is 0 Å². The number of hydrogen-bond donors (Lipinski definition) is 0. The molecule has 0 aromatic carbocycles. The minimum Gasteiger partial charge on any atom is -0.469 e. The van der Waals surface area contributed by atoms with Gasteiger partial charge in [0.15, 0.2) is 0 Å². The van der Waals surface area contributed by atoms with E-state index < -0.39 is 0 Å². The SMILES string of the molecule is CCC1(C)CCC2C(C)(CCC3C(C)(C(=O)OC)CCCC23C)O1. The highest BCUT2D eigenvalue weighted by atomic mass is 16.5. The van der Waals surface area contributed by atoms with Gasteiger partial charge in [-0.2, -0.15) is 0 Å². The molecule has 0 radical (unpaired) electrons. The Labute approximate surface area is 147 Å². The van der Waals surface area contributed by atoms with E-state index in [1.807, 2.05) is 0 Å². The molecule has 2 aliphatic carbocycles. The van der Waals surface area contributed by atoms with Gasteiger partial charge in [-0.15, -0.1) is 0 Å². The molecular weight excluding hydrogens is 300 g/mol. The molecule has 3 aliphatic rings. The third-order valence-electron chi connectivity index (χ3n) is 8.28. The van der Waals surface area contributed by atoms with Gasteiger partial charge in [0, 0.05) is 0 Å². The summed E-state index contributed by atoms with van der Waals surface area (Å²) in [7, 11) is 1.54. The van der Waals surface area contributed by atoms with Gasteiger partial charge in [0.1, 0.15) is 0 Å². The van der Waals surface area contributed by atoms with Crippen molar-refractivity contribution >= 4 is 5.97 Å². The van der Waals surface area contributed by atoms with E-state index in [0.29, 0.717) is 11.8 Å². The van der Waals surface area contributed by atoms with Crippen molar-refractivity contribution in [2.24, 2.45) is 22.7 Å². The summed E-state index contributed by atoms with van der Waals surface area (Å²) in [4.78, 5) is 12.6.